The molecule has 0 aliphatic carbocycles. The van der Waals surface area contributed by atoms with E-state index < -0.39 is 0 Å². The zero-order chi connectivity index (χ0) is 16.8. The molecule has 3 rings (SSSR count). The van der Waals surface area contributed by atoms with Crippen LogP contribution < -0.4 is 4.74 Å². The topological polar surface area (TPSA) is 50.8 Å². The van der Waals surface area contributed by atoms with Crippen molar-refractivity contribution >= 4 is 23.5 Å². The summed E-state index contributed by atoms with van der Waals surface area (Å²) in [5.41, 5.74) is 0.955. The van der Waals surface area contributed by atoms with Gasteiger partial charge in [-0.25, -0.2) is 9.37 Å². The maximum Gasteiger partial charge on any atom is 0.208 e. The molecule has 1 heterocycles. The van der Waals surface area contributed by atoms with Crippen LogP contribution in [-0.4, -0.2) is 33.8 Å². The molecule has 3 aromatic rings. The summed E-state index contributed by atoms with van der Waals surface area (Å²) in [7, 11) is 1.64. The number of aromatic nitrogens is 3. The van der Waals surface area contributed by atoms with Gasteiger partial charge in [0.1, 0.15) is 11.6 Å². The van der Waals surface area contributed by atoms with Crippen LogP contribution in [0.2, 0.25) is 0 Å². The Bertz CT molecular complexity index is 793. The second kappa shape index (κ2) is 8.21. The van der Waals surface area contributed by atoms with Crippen LogP contribution in [0.1, 0.15) is 0 Å². The van der Waals surface area contributed by atoms with Crippen LogP contribution in [0.25, 0.3) is 11.4 Å². The average Bonchev–Trinajstić information content (AvgIpc) is 3.09. The van der Waals surface area contributed by atoms with Gasteiger partial charge in [0.15, 0.2) is 5.82 Å². The largest absolute Gasteiger partial charge is 0.497 e. The third-order valence-corrected chi connectivity index (χ3v) is 5.39. The first kappa shape index (κ1) is 16.9. The first-order valence-electron chi connectivity index (χ1n) is 7.33. The maximum atomic E-state index is 13.5. The van der Waals surface area contributed by atoms with Crippen molar-refractivity contribution in [3.63, 3.8) is 0 Å². The lowest BCUT2D eigenvalue weighted by Gasteiger charge is -2.01. The molecule has 7 heteroatoms. The second-order valence-corrected chi connectivity index (χ2v) is 7.02. The van der Waals surface area contributed by atoms with Gasteiger partial charge in [0.2, 0.25) is 5.16 Å². The Morgan fingerprint density at radius 3 is 2.54 bits per heavy atom. The molecule has 124 valence electrons. The number of nitrogens with one attached hydrogen (secondary N) is 1. The highest BCUT2D eigenvalue weighted by atomic mass is 32.2. The number of hydrogen-bond donors (Lipinski definition) is 1. The van der Waals surface area contributed by atoms with E-state index >= 15 is 0 Å². The molecule has 1 aromatic heterocycles. The lowest BCUT2D eigenvalue weighted by Crippen LogP contribution is -1.87. The van der Waals surface area contributed by atoms with Crippen LogP contribution in [-0.2, 0) is 0 Å². The van der Waals surface area contributed by atoms with Crippen LogP contribution in [0.3, 0.4) is 0 Å². The molecule has 0 saturated carbocycles. The molecule has 0 fully saturated rings. The van der Waals surface area contributed by atoms with Crippen LogP contribution in [0.4, 0.5) is 4.39 Å². The SMILES string of the molecule is COc1ccc(-c2nc(SCCSc3ccccc3F)n[nH]2)cc1. The van der Waals surface area contributed by atoms with Gasteiger partial charge in [-0.05, 0) is 36.4 Å². The first-order valence-corrected chi connectivity index (χ1v) is 9.30. The van der Waals surface area contributed by atoms with Gasteiger partial charge in [-0.2, -0.15) is 0 Å². The Kier molecular flexibility index (Phi) is 5.77. The van der Waals surface area contributed by atoms with Crippen molar-refractivity contribution in [3.8, 4) is 17.1 Å². The van der Waals surface area contributed by atoms with E-state index in [1.54, 1.807) is 31.0 Å². The number of rotatable bonds is 7. The third kappa shape index (κ3) is 4.30. The van der Waals surface area contributed by atoms with Gasteiger partial charge in [0.05, 0.1) is 7.11 Å². The van der Waals surface area contributed by atoms with Crippen LogP contribution in [0.5, 0.6) is 5.75 Å². The predicted octanol–water partition coefficient (Wildman–Crippen LogP) is 4.50. The summed E-state index contributed by atoms with van der Waals surface area (Å²) in [5.74, 6) is 2.95. The van der Waals surface area contributed by atoms with E-state index in [2.05, 4.69) is 15.2 Å². The van der Waals surface area contributed by atoms with Crippen LogP contribution in [0, 0.1) is 5.82 Å². The van der Waals surface area contributed by atoms with Gasteiger partial charge < -0.3 is 4.74 Å². The van der Waals surface area contributed by atoms with Gasteiger partial charge in [0, 0.05) is 22.0 Å². The summed E-state index contributed by atoms with van der Waals surface area (Å²) in [6, 6.07) is 14.4. The minimum absolute atomic E-state index is 0.174. The predicted molar refractivity (Wildman–Crippen MR) is 96.2 cm³/mol. The van der Waals surface area contributed by atoms with Gasteiger partial charge in [0.25, 0.3) is 0 Å². The fourth-order valence-corrected chi connectivity index (χ4v) is 3.75. The van der Waals surface area contributed by atoms with Crippen molar-refractivity contribution in [1.29, 1.82) is 0 Å². The molecule has 2 aromatic carbocycles. The van der Waals surface area contributed by atoms with Gasteiger partial charge in [-0.3, -0.25) is 5.10 Å². The minimum Gasteiger partial charge on any atom is -0.497 e. The Morgan fingerprint density at radius 1 is 1.04 bits per heavy atom. The lowest BCUT2D eigenvalue weighted by molar-refractivity contribution is 0.415. The molecule has 1 N–H and O–H groups in total. The Hall–Kier alpha value is -1.99. The number of nitrogens with zero attached hydrogens (tertiary/aromatic N) is 2. The van der Waals surface area contributed by atoms with Crippen LogP contribution in [0.15, 0.2) is 58.6 Å². The summed E-state index contributed by atoms with van der Waals surface area (Å²) < 4.78 is 18.7. The van der Waals surface area contributed by atoms with Crippen molar-refractivity contribution in [3.05, 3.63) is 54.3 Å². The van der Waals surface area contributed by atoms with E-state index in [-0.39, 0.29) is 5.82 Å². The first-order chi connectivity index (χ1) is 11.8. The molecule has 0 radical (unpaired) electrons. The number of hydrogen-bond acceptors (Lipinski definition) is 5. The highest BCUT2D eigenvalue weighted by Gasteiger charge is 2.07. The molecule has 4 nitrogen and oxygen atoms in total. The average molecular weight is 361 g/mol. The van der Waals surface area contributed by atoms with E-state index in [9.17, 15) is 4.39 Å². The molecule has 0 bridgehead atoms. The molecular weight excluding hydrogens is 345 g/mol. The molecule has 0 aliphatic rings. The number of H-pyrrole nitrogens is 1. The maximum absolute atomic E-state index is 13.5. The summed E-state index contributed by atoms with van der Waals surface area (Å²) in [5, 5.41) is 7.84. The summed E-state index contributed by atoms with van der Waals surface area (Å²) in [6.45, 7) is 0. The number of thioether (sulfide) groups is 2. The Balaban J connectivity index is 1.51. The number of ether oxygens (including phenoxy) is 1. The Morgan fingerprint density at radius 2 is 1.79 bits per heavy atom. The van der Waals surface area contributed by atoms with Crippen molar-refractivity contribution in [2.24, 2.45) is 0 Å². The standard InChI is InChI=1S/C17H16FN3OS2/c1-22-13-8-6-12(7-9-13)16-19-17(21-20-16)24-11-10-23-15-5-3-2-4-14(15)18/h2-9H,10-11H2,1H3,(H,19,20,21). The summed E-state index contributed by atoms with van der Waals surface area (Å²) in [6.07, 6.45) is 0. The van der Waals surface area contributed by atoms with Gasteiger partial charge in [-0.1, -0.05) is 23.9 Å². The van der Waals surface area contributed by atoms with Gasteiger partial charge in [-0.15, -0.1) is 16.9 Å². The molecule has 0 atom stereocenters. The number of benzene rings is 2. The Labute approximate surface area is 148 Å². The lowest BCUT2D eigenvalue weighted by atomic mass is 10.2. The highest BCUT2D eigenvalue weighted by molar-refractivity contribution is 8.02. The molecule has 0 aliphatic heterocycles. The number of methoxy groups -OCH3 is 1. The van der Waals surface area contributed by atoms with Crippen LogP contribution >= 0.6 is 23.5 Å². The van der Waals surface area contributed by atoms with E-state index in [0.29, 0.717) is 10.1 Å². The van der Waals surface area contributed by atoms with E-state index in [4.69, 9.17) is 4.74 Å². The fourth-order valence-electron chi connectivity index (χ4n) is 2.04. The number of aromatic amines is 1. The molecule has 0 saturated heterocycles. The zero-order valence-corrected chi connectivity index (χ0v) is 14.7. The van der Waals surface area contributed by atoms with Crippen molar-refractivity contribution in [1.82, 2.24) is 15.2 Å². The molecule has 24 heavy (non-hydrogen) atoms. The molecule has 0 amide bonds. The highest BCUT2D eigenvalue weighted by Crippen LogP contribution is 2.25. The van der Waals surface area contributed by atoms with E-state index in [1.807, 2.05) is 30.3 Å². The van der Waals surface area contributed by atoms with Crippen molar-refractivity contribution in [2.75, 3.05) is 18.6 Å². The normalized spacial score (nSPS) is 10.8. The summed E-state index contributed by atoms with van der Waals surface area (Å²) >= 11 is 3.05. The van der Waals surface area contributed by atoms with Crippen molar-refractivity contribution in [2.45, 2.75) is 10.1 Å². The zero-order valence-electron chi connectivity index (χ0n) is 13.0. The monoisotopic (exact) mass is 361 g/mol. The second-order valence-electron chi connectivity index (χ2n) is 4.82. The third-order valence-electron chi connectivity index (χ3n) is 3.24. The summed E-state index contributed by atoms with van der Waals surface area (Å²) in [4.78, 5) is 5.14. The molecular formula is C17H16FN3OS2. The smallest absolute Gasteiger partial charge is 0.208 e. The quantitative estimate of drug-likeness (QED) is 0.496. The van der Waals surface area contributed by atoms with Gasteiger partial charge >= 0.3 is 0 Å². The van der Waals surface area contributed by atoms with Crippen molar-refractivity contribution < 1.29 is 9.13 Å². The fraction of sp³-hybridized carbons (Fsp3) is 0.176. The number of halogens is 1. The van der Waals surface area contributed by atoms with E-state index in [0.717, 1.165) is 28.6 Å². The van der Waals surface area contributed by atoms with E-state index in [1.165, 1.54) is 17.8 Å². The minimum atomic E-state index is -0.174. The molecule has 0 spiro atoms. The molecule has 0 unspecified atom stereocenters.